The maximum Gasteiger partial charge on any atom is 0.267 e. The second-order valence-electron chi connectivity index (χ2n) is 6.70. The van der Waals surface area contributed by atoms with Gasteiger partial charge < -0.3 is 14.6 Å². The summed E-state index contributed by atoms with van der Waals surface area (Å²) in [5, 5.41) is 5.06. The number of nitrogens with zero attached hydrogens (tertiary/aromatic N) is 1. The summed E-state index contributed by atoms with van der Waals surface area (Å²) < 4.78 is 7.47. The van der Waals surface area contributed by atoms with Crippen LogP contribution in [-0.2, 0) is 0 Å². The fraction of sp³-hybridized carbons (Fsp3) is 0.125. The molecule has 0 aliphatic heterocycles. The van der Waals surface area contributed by atoms with Gasteiger partial charge in [-0.05, 0) is 55.8 Å². The maximum absolute atomic E-state index is 13.1. The zero-order chi connectivity index (χ0) is 20.2. The fourth-order valence-corrected chi connectivity index (χ4v) is 4.23. The Morgan fingerprint density at radius 1 is 1.07 bits per heavy atom. The molecule has 0 saturated heterocycles. The van der Waals surface area contributed by atoms with Gasteiger partial charge in [0.05, 0.1) is 12.3 Å². The Balaban J connectivity index is 1.69. The van der Waals surface area contributed by atoms with E-state index in [4.69, 9.17) is 4.74 Å². The number of rotatable bonds is 6. The monoisotopic (exact) mass is 402 g/mol. The van der Waals surface area contributed by atoms with Crippen LogP contribution in [0, 0.1) is 6.92 Å². The van der Waals surface area contributed by atoms with Gasteiger partial charge in [-0.2, -0.15) is 0 Å². The molecule has 29 heavy (non-hydrogen) atoms. The second kappa shape index (κ2) is 8.37. The normalized spacial score (nSPS) is 10.7. The molecule has 0 fully saturated rings. The number of carbonyl (C=O) groups excluding carboxylic acids is 1. The lowest BCUT2D eigenvalue weighted by atomic mass is 10.0. The first-order chi connectivity index (χ1) is 14.2. The number of thiophene rings is 1. The van der Waals surface area contributed by atoms with Crippen molar-refractivity contribution in [2.45, 2.75) is 13.8 Å². The first-order valence-electron chi connectivity index (χ1n) is 9.52. The van der Waals surface area contributed by atoms with Crippen molar-refractivity contribution in [2.75, 3.05) is 11.9 Å². The standard InChI is InChI=1S/C24H22N2O2S/c1-3-28-20-11-9-19(10-12-20)25-24(27)23-22(26-13-4-5-14-26)21(16-29-23)18-8-6-7-17(2)15-18/h4-16H,3H2,1-2H3,(H,25,27). The Morgan fingerprint density at radius 3 is 2.52 bits per heavy atom. The number of amides is 1. The van der Waals surface area contributed by atoms with Gasteiger partial charge in [0.2, 0.25) is 0 Å². The van der Waals surface area contributed by atoms with E-state index in [9.17, 15) is 4.79 Å². The number of aromatic nitrogens is 1. The molecule has 0 aliphatic rings. The van der Waals surface area contributed by atoms with Crippen LogP contribution >= 0.6 is 11.3 Å². The van der Waals surface area contributed by atoms with Crippen LogP contribution in [0.15, 0.2) is 78.4 Å². The quantitative estimate of drug-likeness (QED) is 0.419. The predicted octanol–water partition coefficient (Wildman–Crippen LogP) is 6.17. The van der Waals surface area contributed by atoms with Crippen molar-refractivity contribution in [1.29, 1.82) is 0 Å². The first-order valence-corrected chi connectivity index (χ1v) is 10.4. The summed E-state index contributed by atoms with van der Waals surface area (Å²) in [6.07, 6.45) is 3.93. The summed E-state index contributed by atoms with van der Waals surface area (Å²) in [4.78, 5) is 13.8. The lowest BCUT2D eigenvalue weighted by Crippen LogP contribution is -2.13. The number of nitrogens with one attached hydrogen (secondary N) is 1. The third-order valence-electron chi connectivity index (χ3n) is 4.59. The van der Waals surface area contributed by atoms with Crippen molar-refractivity contribution >= 4 is 22.9 Å². The summed E-state index contributed by atoms with van der Waals surface area (Å²) in [6.45, 7) is 4.63. The summed E-state index contributed by atoms with van der Waals surface area (Å²) in [5.74, 6) is 0.665. The minimum Gasteiger partial charge on any atom is -0.494 e. The third-order valence-corrected chi connectivity index (χ3v) is 5.55. The number of hydrogen-bond donors (Lipinski definition) is 1. The number of aryl methyl sites for hydroxylation is 1. The van der Waals surface area contributed by atoms with Gasteiger partial charge in [-0.25, -0.2) is 0 Å². The minimum atomic E-state index is -0.123. The van der Waals surface area contributed by atoms with Gasteiger partial charge in [0.15, 0.2) is 0 Å². The highest BCUT2D eigenvalue weighted by Crippen LogP contribution is 2.36. The number of carbonyl (C=O) groups is 1. The molecule has 0 aliphatic carbocycles. The van der Waals surface area contributed by atoms with Crippen LogP contribution in [0.25, 0.3) is 16.8 Å². The molecule has 0 bridgehead atoms. The van der Waals surface area contributed by atoms with Crippen LogP contribution in [0.4, 0.5) is 5.69 Å². The zero-order valence-electron chi connectivity index (χ0n) is 16.4. The zero-order valence-corrected chi connectivity index (χ0v) is 17.2. The summed E-state index contributed by atoms with van der Waals surface area (Å²) in [5.41, 5.74) is 4.97. The van der Waals surface area contributed by atoms with Crippen LogP contribution in [0.5, 0.6) is 5.75 Å². The first kappa shape index (κ1) is 19.0. The lowest BCUT2D eigenvalue weighted by molar-refractivity contribution is 0.103. The van der Waals surface area contributed by atoms with Gasteiger partial charge in [0.1, 0.15) is 10.6 Å². The van der Waals surface area contributed by atoms with E-state index < -0.39 is 0 Å². The molecular weight excluding hydrogens is 380 g/mol. The molecule has 1 amide bonds. The molecule has 4 aromatic rings. The van der Waals surface area contributed by atoms with Crippen molar-refractivity contribution < 1.29 is 9.53 Å². The predicted molar refractivity (Wildman–Crippen MR) is 119 cm³/mol. The van der Waals surface area contributed by atoms with E-state index in [0.717, 1.165) is 28.3 Å². The van der Waals surface area contributed by atoms with Crippen molar-refractivity contribution in [2.24, 2.45) is 0 Å². The van der Waals surface area contributed by atoms with E-state index in [1.807, 2.05) is 66.3 Å². The Kier molecular flexibility index (Phi) is 5.49. The molecular formula is C24H22N2O2S. The van der Waals surface area contributed by atoms with Gasteiger partial charge in [-0.15, -0.1) is 11.3 Å². The molecule has 0 radical (unpaired) electrons. The highest BCUT2D eigenvalue weighted by molar-refractivity contribution is 7.13. The van der Waals surface area contributed by atoms with Crippen LogP contribution in [0.2, 0.25) is 0 Å². The number of benzene rings is 2. The van der Waals surface area contributed by atoms with E-state index in [2.05, 4.69) is 35.8 Å². The molecule has 2 aromatic carbocycles. The Hall–Kier alpha value is -3.31. The lowest BCUT2D eigenvalue weighted by Gasteiger charge is -2.11. The van der Waals surface area contributed by atoms with Crippen LogP contribution in [-0.4, -0.2) is 17.1 Å². The molecule has 0 atom stereocenters. The van der Waals surface area contributed by atoms with Crippen molar-refractivity contribution in [1.82, 2.24) is 4.57 Å². The molecule has 5 heteroatoms. The molecule has 0 unspecified atom stereocenters. The largest absolute Gasteiger partial charge is 0.494 e. The Bertz CT molecular complexity index is 1110. The van der Waals surface area contributed by atoms with E-state index in [1.165, 1.54) is 16.9 Å². The molecule has 2 aromatic heterocycles. The molecule has 0 saturated carbocycles. The average molecular weight is 403 g/mol. The molecule has 4 rings (SSSR count). The Morgan fingerprint density at radius 2 is 1.83 bits per heavy atom. The van der Waals surface area contributed by atoms with Gasteiger partial charge in [-0.1, -0.05) is 29.8 Å². The molecule has 1 N–H and O–H groups in total. The van der Waals surface area contributed by atoms with Gasteiger partial charge in [0, 0.05) is 29.0 Å². The third kappa shape index (κ3) is 4.10. The SMILES string of the molecule is CCOc1ccc(NC(=O)c2scc(-c3cccc(C)c3)c2-n2cccc2)cc1. The topological polar surface area (TPSA) is 43.3 Å². The molecule has 2 heterocycles. The van der Waals surface area contributed by atoms with Gasteiger partial charge >= 0.3 is 0 Å². The molecule has 4 nitrogen and oxygen atoms in total. The number of ether oxygens (including phenoxy) is 1. The van der Waals surface area contributed by atoms with E-state index >= 15 is 0 Å². The van der Waals surface area contributed by atoms with Crippen molar-refractivity contribution in [3.05, 3.63) is 88.9 Å². The summed E-state index contributed by atoms with van der Waals surface area (Å²) >= 11 is 1.46. The Labute approximate surface area is 174 Å². The van der Waals surface area contributed by atoms with Crippen LogP contribution < -0.4 is 10.1 Å². The number of hydrogen-bond acceptors (Lipinski definition) is 3. The smallest absolute Gasteiger partial charge is 0.267 e. The van der Waals surface area contributed by atoms with E-state index in [1.54, 1.807) is 0 Å². The average Bonchev–Trinajstić information content (AvgIpc) is 3.39. The van der Waals surface area contributed by atoms with E-state index in [0.29, 0.717) is 11.5 Å². The summed E-state index contributed by atoms with van der Waals surface area (Å²) in [7, 11) is 0. The number of anilines is 1. The van der Waals surface area contributed by atoms with Crippen LogP contribution in [0.1, 0.15) is 22.2 Å². The van der Waals surface area contributed by atoms with Gasteiger partial charge in [0.25, 0.3) is 5.91 Å². The van der Waals surface area contributed by atoms with Gasteiger partial charge in [-0.3, -0.25) is 4.79 Å². The van der Waals surface area contributed by atoms with E-state index in [-0.39, 0.29) is 5.91 Å². The maximum atomic E-state index is 13.1. The van der Waals surface area contributed by atoms with Crippen LogP contribution in [0.3, 0.4) is 0 Å². The minimum absolute atomic E-state index is 0.123. The van der Waals surface area contributed by atoms with Crippen molar-refractivity contribution in [3.8, 4) is 22.6 Å². The fourth-order valence-electron chi connectivity index (χ4n) is 3.26. The molecule has 146 valence electrons. The second-order valence-corrected chi connectivity index (χ2v) is 7.58. The highest BCUT2D eigenvalue weighted by atomic mass is 32.1. The molecule has 0 spiro atoms. The summed E-state index contributed by atoms with van der Waals surface area (Å²) in [6, 6.07) is 19.7. The highest BCUT2D eigenvalue weighted by Gasteiger charge is 2.20. The van der Waals surface area contributed by atoms with Crippen molar-refractivity contribution in [3.63, 3.8) is 0 Å².